The molecule has 1 aromatic heterocycles. The van der Waals surface area contributed by atoms with E-state index in [4.69, 9.17) is 10.7 Å². The van der Waals surface area contributed by atoms with Crippen molar-refractivity contribution in [3.05, 3.63) is 47.0 Å². The summed E-state index contributed by atoms with van der Waals surface area (Å²) in [4.78, 5) is 5.98. The number of aromatic nitrogens is 1. The van der Waals surface area contributed by atoms with E-state index in [0.717, 1.165) is 15.5 Å². The summed E-state index contributed by atoms with van der Waals surface area (Å²) in [6.07, 6.45) is 0. The zero-order valence-corrected chi connectivity index (χ0v) is 15.4. The van der Waals surface area contributed by atoms with Crippen molar-refractivity contribution >= 4 is 39.0 Å². The molecule has 3 rings (SSSR count). The van der Waals surface area contributed by atoms with Gasteiger partial charge in [0.2, 0.25) is 0 Å². The van der Waals surface area contributed by atoms with Crippen LogP contribution in [0.5, 0.6) is 0 Å². The molecule has 0 aliphatic carbocycles. The van der Waals surface area contributed by atoms with Crippen molar-refractivity contribution in [1.82, 2.24) is 4.98 Å². The Morgan fingerprint density at radius 3 is 2.27 bits per heavy atom. The molecule has 0 aliphatic rings. The Morgan fingerprint density at radius 1 is 1.00 bits per heavy atom. The molecule has 0 saturated heterocycles. The minimum Gasteiger partial charge on any atom is -0.399 e. The summed E-state index contributed by atoms with van der Waals surface area (Å²) < 4.78 is 2.32. The Kier molecular flexibility index (Phi) is 5.48. The largest absolute Gasteiger partial charge is 0.399 e. The molecule has 2 nitrogen and oxygen atoms in total. The van der Waals surface area contributed by atoms with Crippen LogP contribution in [-0.4, -0.2) is 4.98 Å². The molecule has 0 fully saturated rings. The number of benzene rings is 2. The topological polar surface area (TPSA) is 38.9 Å². The summed E-state index contributed by atoms with van der Waals surface area (Å²) in [7, 11) is 0. The molecule has 0 spiro atoms. The van der Waals surface area contributed by atoms with Crippen molar-refractivity contribution in [2.24, 2.45) is 0 Å². The van der Waals surface area contributed by atoms with Crippen LogP contribution in [0.15, 0.2) is 39.6 Å². The van der Waals surface area contributed by atoms with Crippen LogP contribution < -0.4 is 5.73 Å². The standard InChI is InChI=1S/C16H16N2S2.C2H6/c1-9-4-5-14-13(6-9)18-16(19-14)20-15-10(2)7-12(17)8-11(15)3;1-2/h4-8H,17H2,1-3H3;1-2H3. The van der Waals surface area contributed by atoms with Gasteiger partial charge in [-0.2, -0.15) is 0 Å². The lowest BCUT2D eigenvalue weighted by Gasteiger charge is -2.08. The van der Waals surface area contributed by atoms with Crippen molar-refractivity contribution in [2.75, 3.05) is 5.73 Å². The smallest absolute Gasteiger partial charge is 0.155 e. The number of hydrogen-bond donors (Lipinski definition) is 1. The van der Waals surface area contributed by atoms with Crippen molar-refractivity contribution in [1.29, 1.82) is 0 Å². The molecule has 116 valence electrons. The molecule has 3 aromatic rings. The highest BCUT2D eigenvalue weighted by atomic mass is 32.2. The summed E-state index contributed by atoms with van der Waals surface area (Å²) in [6, 6.07) is 10.5. The Balaban J connectivity index is 0.000000847. The number of nitrogens with zero attached hydrogens (tertiary/aromatic N) is 1. The summed E-state index contributed by atoms with van der Waals surface area (Å²) in [5, 5.41) is 0. The van der Waals surface area contributed by atoms with E-state index in [1.54, 1.807) is 23.1 Å². The van der Waals surface area contributed by atoms with Crippen LogP contribution in [0.25, 0.3) is 10.2 Å². The van der Waals surface area contributed by atoms with Crippen LogP contribution in [0.4, 0.5) is 5.69 Å². The molecule has 2 N–H and O–H groups in total. The molecule has 4 heteroatoms. The molecule has 22 heavy (non-hydrogen) atoms. The van der Waals surface area contributed by atoms with Crippen LogP contribution in [0.3, 0.4) is 0 Å². The van der Waals surface area contributed by atoms with Crippen molar-refractivity contribution in [3.8, 4) is 0 Å². The number of aryl methyl sites for hydroxylation is 3. The van der Waals surface area contributed by atoms with Crippen LogP contribution in [0.2, 0.25) is 0 Å². The lowest BCUT2D eigenvalue weighted by atomic mass is 10.1. The van der Waals surface area contributed by atoms with Crippen molar-refractivity contribution in [3.63, 3.8) is 0 Å². The average Bonchev–Trinajstić information content (AvgIpc) is 2.86. The van der Waals surface area contributed by atoms with Gasteiger partial charge in [-0.25, -0.2) is 4.98 Å². The van der Waals surface area contributed by atoms with Crippen molar-refractivity contribution in [2.45, 2.75) is 43.9 Å². The third kappa shape index (κ3) is 3.62. The Hall–Kier alpha value is -1.52. The van der Waals surface area contributed by atoms with Crippen LogP contribution >= 0.6 is 23.1 Å². The highest BCUT2D eigenvalue weighted by Gasteiger charge is 2.10. The van der Waals surface area contributed by atoms with Crippen LogP contribution in [0, 0.1) is 20.8 Å². The van der Waals surface area contributed by atoms with Gasteiger partial charge in [-0.1, -0.05) is 31.7 Å². The van der Waals surface area contributed by atoms with Gasteiger partial charge in [-0.15, -0.1) is 11.3 Å². The average molecular weight is 331 g/mol. The van der Waals surface area contributed by atoms with E-state index in [2.05, 4.69) is 39.0 Å². The van der Waals surface area contributed by atoms with Gasteiger partial charge in [-0.05, 0) is 61.7 Å². The van der Waals surface area contributed by atoms with E-state index in [1.807, 2.05) is 26.0 Å². The molecule has 0 atom stereocenters. The van der Waals surface area contributed by atoms with Crippen LogP contribution in [0.1, 0.15) is 30.5 Å². The van der Waals surface area contributed by atoms with Crippen LogP contribution in [-0.2, 0) is 0 Å². The minimum absolute atomic E-state index is 0.823. The first kappa shape index (κ1) is 16.8. The van der Waals surface area contributed by atoms with E-state index in [1.165, 1.54) is 26.3 Å². The number of thiazole rings is 1. The Morgan fingerprint density at radius 2 is 1.64 bits per heavy atom. The van der Waals surface area contributed by atoms with Gasteiger partial charge in [0, 0.05) is 10.6 Å². The maximum absolute atomic E-state index is 5.88. The third-order valence-electron chi connectivity index (χ3n) is 3.20. The first-order valence-corrected chi connectivity index (χ1v) is 9.08. The summed E-state index contributed by atoms with van der Waals surface area (Å²) in [5.74, 6) is 0. The molecule has 0 radical (unpaired) electrons. The highest BCUT2D eigenvalue weighted by molar-refractivity contribution is 8.01. The highest BCUT2D eigenvalue weighted by Crippen LogP contribution is 2.38. The van der Waals surface area contributed by atoms with E-state index < -0.39 is 0 Å². The molecule has 1 heterocycles. The maximum Gasteiger partial charge on any atom is 0.155 e. The molecule has 2 aromatic carbocycles. The van der Waals surface area contributed by atoms with E-state index >= 15 is 0 Å². The second-order valence-electron chi connectivity index (χ2n) is 5.04. The van der Waals surface area contributed by atoms with Gasteiger partial charge >= 0.3 is 0 Å². The van der Waals surface area contributed by atoms with Gasteiger partial charge in [0.25, 0.3) is 0 Å². The number of rotatable bonds is 2. The second-order valence-corrected chi connectivity index (χ2v) is 7.32. The molecule has 0 amide bonds. The Labute approximate surface area is 140 Å². The third-order valence-corrected chi connectivity index (χ3v) is 5.64. The molecule has 0 saturated carbocycles. The minimum atomic E-state index is 0.823. The monoisotopic (exact) mass is 330 g/mol. The maximum atomic E-state index is 5.88. The fourth-order valence-electron chi connectivity index (χ4n) is 2.29. The predicted molar refractivity (Wildman–Crippen MR) is 100 cm³/mol. The van der Waals surface area contributed by atoms with Gasteiger partial charge in [0.15, 0.2) is 4.34 Å². The fraction of sp³-hybridized carbons (Fsp3) is 0.278. The quantitative estimate of drug-likeness (QED) is 0.587. The molecule has 0 unspecified atom stereocenters. The number of nitrogens with two attached hydrogens (primary N) is 1. The molecule has 0 aliphatic heterocycles. The summed E-state index contributed by atoms with van der Waals surface area (Å²) >= 11 is 3.48. The fourth-order valence-corrected chi connectivity index (χ4v) is 4.41. The normalized spacial score (nSPS) is 10.4. The number of anilines is 1. The van der Waals surface area contributed by atoms with E-state index in [0.29, 0.717) is 0 Å². The van der Waals surface area contributed by atoms with E-state index in [9.17, 15) is 0 Å². The lowest BCUT2D eigenvalue weighted by Crippen LogP contribution is -1.91. The zero-order chi connectivity index (χ0) is 16.3. The predicted octanol–water partition coefficient (Wildman–Crippen LogP) is 5.98. The van der Waals surface area contributed by atoms with Crippen molar-refractivity contribution < 1.29 is 0 Å². The molecular formula is C18H22N2S2. The second kappa shape index (κ2) is 7.16. The SMILES string of the molecule is CC.Cc1ccc2sc(Sc3c(C)cc(N)cc3C)nc2c1. The number of hydrogen-bond acceptors (Lipinski definition) is 4. The number of nitrogen functional groups attached to an aromatic ring is 1. The van der Waals surface area contributed by atoms with E-state index in [-0.39, 0.29) is 0 Å². The first-order chi connectivity index (χ1) is 10.5. The zero-order valence-electron chi connectivity index (χ0n) is 13.7. The number of fused-ring (bicyclic) bond motifs is 1. The van der Waals surface area contributed by atoms with Gasteiger partial charge in [0.05, 0.1) is 10.2 Å². The van der Waals surface area contributed by atoms with Gasteiger partial charge < -0.3 is 5.73 Å². The summed E-state index contributed by atoms with van der Waals surface area (Å²) in [5.41, 5.74) is 11.5. The Bertz CT molecular complexity index is 768. The van der Waals surface area contributed by atoms with Gasteiger partial charge in [-0.3, -0.25) is 0 Å². The summed E-state index contributed by atoms with van der Waals surface area (Å²) in [6.45, 7) is 10.3. The first-order valence-electron chi connectivity index (χ1n) is 7.45. The molecule has 0 bridgehead atoms. The molecular weight excluding hydrogens is 308 g/mol. The van der Waals surface area contributed by atoms with Gasteiger partial charge in [0.1, 0.15) is 0 Å². The lowest BCUT2D eigenvalue weighted by molar-refractivity contribution is 1.20.